The number of nitrogens with two attached hydrogens (primary N) is 1. The lowest BCUT2D eigenvalue weighted by atomic mass is 9.91. The van der Waals surface area contributed by atoms with Crippen molar-refractivity contribution in [1.29, 1.82) is 0 Å². The number of hydrogen-bond donors (Lipinski definition) is 5. The van der Waals surface area contributed by atoms with Gasteiger partial charge in [0.25, 0.3) is 11.8 Å². The zero-order valence-corrected chi connectivity index (χ0v) is 17.9. The second-order valence-corrected chi connectivity index (χ2v) is 8.10. The summed E-state index contributed by atoms with van der Waals surface area (Å²) in [5.74, 6) is -0.327. The third kappa shape index (κ3) is 3.94. The number of nitrogens with zero attached hydrogens (tertiary/aromatic N) is 2. The molecular formula is C23H25N7O3. The molecule has 33 heavy (non-hydrogen) atoms. The average molecular weight is 447 g/mol. The molecule has 6 N–H and O–H groups in total. The maximum Gasteiger partial charge on any atom is 0.272 e. The molecule has 10 heteroatoms. The zero-order chi connectivity index (χ0) is 22.8. The summed E-state index contributed by atoms with van der Waals surface area (Å²) in [4.78, 5) is 37.6. The molecule has 0 bridgehead atoms. The van der Waals surface area contributed by atoms with Crippen LogP contribution in [0.1, 0.15) is 18.7 Å². The average Bonchev–Trinajstić information content (AvgIpc) is 3.46. The van der Waals surface area contributed by atoms with Crippen LogP contribution in [0.4, 0.5) is 5.69 Å². The minimum absolute atomic E-state index is 0.0379. The van der Waals surface area contributed by atoms with Crippen LogP contribution in [0.25, 0.3) is 11.0 Å². The lowest BCUT2D eigenvalue weighted by molar-refractivity contribution is -0.123. The Labute approximate surface area is 190 Å². The number of ether oxygens (including phenoxy) is 1. The summed E-state index contributed by atoms with van der Waals surface area (Å²) in [7, 11) is 0. The number of carbonyl (C=O) groups excluding carboxylic acids is 2. The van der Waals surface area contributed by atoms with Gasteiger partial charge in [-0.2, -0.15) is 0 Å². The van der Waals surface area contributed by atoms with Crippen LogP contribution in [0, 0.1) is 0 Å². The van der Waals surface area contributed by atoms with Crippen LogP contribution in [0.2, 0.25) is 0 Å². The molecule has 170 valence electrons. The molecular weight excluding hydrogens is 422 g/mol. The largest absolute Gasteiger partial charge is 0.490 e. The van der Waals surface area contributed by atoms with Gasteiger partial charge in [0.1, 0.15) is 23.4 Å². The van der Waals surface area contributed by atoms with Gasteiger partial charge in [-0.15, -0.1) is 0 Å². The first-order chi connectivity index (χ1) is 16.1. The number of piperidine rings is 1. The molecule has 2 amide bonds. The number of nitrogens with one attached hydrogen (secondary N) is 4. The molecule has 3 heterocycles. The van der Waals surface area contributed by atoms with Crippen LogP contribution in [0.3, 0.4) is 0 Å². The molecule has 10 nitrogen and oxygen atoms in total. The Kier molecular flexibility index (Phi) is 5.53. The number of hydrogen-bond acceptors (Lipinski definition) is 7. The molecule has 0 spiro atoms. The highest BCUT2D eigenvalue weighted by Crippen LogP contribution is 2.28. The molecule has 2 aliphatic heterocycles. The Hall–Kier alpha value is -3.76. The van der Waals surface area contributed by atoms with E-state index in [1.54, 1.807) is 12.1 Å². The van der Waals surface area contributed by atoms with Crippen LogP contribution in [0.15, 0.2) is 53.5 Å². The summed E-state index contributed by atoms with van der Waals surface area (Å²) in [6.45, 7) is 1.95. The van der Waals surface area contributed by atoms with Crippen molar-refractivity contribution in [3.63, 3.8) is 0 Å². The molecule has 0 aliphatic carbocycles. The lowest BCUT2D eigenvalue weighted by Crippen LogP contribution is -2.58. The molecule has 5 rings (SSSR count). The molecule has 1 unspecified atom stereocenters. The number of aliphatic imine (C=N–C) groups is 1. The summed E-state index contributed by atoms with van der Waals surface area (Å²) in [5.41, 5.74) is 6.02. The fraction of sp³-hybridized carbons (Fsp3) is 0.304. The number of carbonyl (C=O) groups is 2. The summed E-state index contributed by atoms with van der Waals surface area (Å²) in [6, 6.07) is 14.5. The van der Waals surface area contributed by atoms with E-state index in [2.05, 4.69) is 30.9 Å². The van der Waals surface area contributed by atoms with Crippen molar-refractivity contribution in [2.45, 2.75) is 24.5 Å². The van der Waals surface area contributed by atoms with Crippen molar-refractivity contribution >= 4 is 34.2 Å². The number of benzene rings is 2. The van der Waals surface area contributed by atoms with Gasteiger partial charge in [0.15, 0.2) is 0 Å². The smallest absolute Gasteiger partial charge is 0.272 e. The van der Waals surface area contributed by atoms with Crippen molar-refractivity contribution in [1.82, 2.24) is 20.6 Å². The SMILES string of the molecule is NC(=O)C1(c2nc3ccccc3[nH]2)NCN=C1C(=O)Nc1ccc(OC2CCNCC2)cc1. The first-order valence-electron chi connectivity index (χ1n) is 10.9. The minimum Gasteiger partial charge on any atom is -0.490 e. The van der Waals surface area contributed by atoms with E-state index in [-0.39, 0.29) is 24.3 Å². The molecule has 3 aromatic rings. The van der Waals surface area contributed by atoms with Crippen LogP contribution >= 0.6 is 0 Å². The minimum atomic E-state index is -1.65. The molecule has 0 saturated carbocycles. The number of aromatic nitrogens is 2. The second-order valence-electron chi connectivity index (χ2n) is 8.10. The fourth-order valence-electron chi connectivity index (χ4n) is 4.24. The van der Waals surface area contributed by atoms with Gasteiger partial charge in [0.2, 0.25) is 5.54 Å². The van der Waals surface area contributed by atoms with E-state index in [1.165, 1.54) is 0 Å². The van der Waals surface area contributed by atoms with E-state index >= 15 is 0 Å². The van der Waals surface area contributed by atoms with Crippen LogP contribution in [-0.4, -0.2) is 53.4 Å². The van der Waals surface area contributed by atoms with Crippen LogP contribution in [-0.2, 0) is 15.1 Å². The number of primary amides is 1. The standard InChI is InChI=1S/C23H25N7O3/c24-21(32)23(22-29-17-3-1-2-4-18(17)30-22)19(26-13-27-23)20(31)28-14-5-7-15(8-6-14)33-16-9-11-25-12-10-16/h1-8,16,25,27H,9-13H2,(H2,24,32)(H,28,31)(H,29,30). The third-order valence-electron chi connectivity index (χ3n) is 5.97. The van der Waals surface area contributed by atoms with E-state index in [9.17, 15) is 9.59 Å². The Morgan fingerprint density at radius 1 is 1.09 bits per heavy atom. The van der Waals surface area contributed by atoms with Crippen LogP contribution < -0.4 is 26.4 Å². The zero-order valence-electron chi connectivity index (χ0n) is 17.9. The normalized spacial score (nSPS) is 21.0. The Bertz CT molecular complexity index is 1180. The molecule has 2 aliphatic rings. The predicted octanol–water partition coefficient (Wildman–Crippen LogP) is 1.01. The van der Waals surface area contributed by atoms with Crippen molar-refractivity contribution in [2.24, 2.45) is 10.7 Å². The van der Waals surface area contributed by atoms with Gasteiger partial charge >= 0.3 is 0 Å². The van der Waals surface area contributed by atoms with Crippen molar-refractivity contribution in [3.05, 3.63) is 54.4 Å². The van der Waals surface area contributed by atoms with Gasteiger partial charge in [-0.3, -0.25) is 19.9 Å². The highest BCUT2D eigenvalue weighted by molar-refractivity contribution is 6.50. The Morgan fingerprint density at radius 2 is 1.85 bits per heavy atom. The maximum absolute atomic E-state index is 13.2. The van der Waals surface area contributed by atoms with Crippen molar-refractivity contribution in [2.75, 3.05) is 25.1 Å². The lowest BCUT2D eigenvalue weighted by Gasteiger charge is -2.25. The van der Waals surface area contributed by atoms with Gasteiger partial charge in [-0.25, -0.2) is 4.98 Å². The molecule has 0 radical (unpaired) electrons. The third-order valence-corrected chi connectivity index (χ3v) is 5.97. The second kappa shape index (κ2) is 8.64. The van der Waals surface area contributed by atoms with Gasteiger partial charge in [-0.05, 0) is 62.3 Å². The fourth-order valence-corrected chi connectivity index (χ4v) is 4.24. The van der Waals surface area contributed by atoms with Gasteiger partial charge in [0, 0.05) is 5.69 Å². The topological polar surface area (TPSA) is 147 Å². The molecule has 1 atom stereocenters. The summed E-state index contributed by atoms with van der Waals surface area (Å²) >= 11 is 0. The number of amides is 2. The molecule has 2 aromatic carbocycles. The van der Waals surface area contributed by atoms with E-state index in [0.717, 1.165) is 37.2 Å². The number of fused-ring (bicyclic) bond motifs is 1. The Morgan fingerprint density at radius 3 is 2.58 bits per heavy atom. The summed E-state index contributed by atoms with van der Waals surface area (Å²) < 4.78 is 6.01. The Balaban J connectivity index is 1.35. The van der Waals surface area contributed by atoms with E-state index < -0.39 is 17.4 Å². The highest BCUT2D eigenvalue weighted by atomic mass is 16.5. The molecule has 1 aromatic heterocycles. The highest BCUT2D eigenvalue weighted by Gasteiger charge is 2.52. The number of anilines is 1. The monoisotopic (exact) mass is 447 g/mol. The first-order valence-corrected chi connectivity index (χ1v) is 10.9. The quantitative estimate of drug-likeness (QED) is 0.381. The number of aromatic amines is 1. The number of imidazole rings is 1. The number of para-hydroxylation sites is 2. The molecule has 1 fully saturated rings. The van der Waals surface area contributed by atoms with E-state index in [0.29, 0.717) is 11.2 Å². The summed E-state index contributed by atoms with van der Waals surface area (Å²) in [6.07, 6.45) is 2.11. The van der Waals surface area contributed by atoms with Crippen molar-refractivity contribution in [3.8, 4) is 5.75 Å². The van der Waals surface area contributed by atoms with Crippen molar-refractivity contribution < 1.29 is 14.3 Å². The van der Waals surface area contributed by atoms with Gasteiger partial charge in [-0.1, -0.05) is 12.1 Å². The number of H-pyrrole nitrogens is 1. The first kappa shape index (κ1) is 21.1. The molecule has 1 saturated heterocycles. The maximum atomic E-state index is 13.2. The van der Waals surface area contributed by atoms with Crippen LogP contribution in [0.5, 0.6) is 5.75 Å². The summed E-state index contributed by atoms with van der Waals surface area (Å²) in [5, 5.41) is 9.07. The van der Waals surface area contributed by atoms with E-state index in [1.807, 2.05) is 36.4 Å². The van der Waals surface area contributed by atoms with Gasteiger partial charge < -0.3 is 26.1 Å². The predicted molar refractivity (Wildman–Crippen MR) is 124 cm³/mol. The number of rotatable bonds is 6. The van der Waals surface area contributed by atoms with E-state index in [4.69, 9.17) is 10.5 Å². The van der Waals surface area contributed by atoms with Gasteiger partial charge in [0.05, 0.1) is 17.7 Å².